The van der Waals surface area contributed by atoms with Crippen molar-refractivity contribution >= 4 is 43.4 Å². The zero-order valence-electron chi connectivity index (χ0n) is 33.1. The van der Waals surface area contributed by atoms with E-state index < -0.39 is 16.6 Å². The Labute approximate surface area is 321 Å². The Balaban J connectivity index is 1.53. The van der Waals surface area contributed by atoms with Gasteiger partial charge in [-0.05, 0) is 63.4 Å². The summed E-state index contributed by atoms with van der Waals surface area (Å²) in [6, 6.07) is 43.2. The zero-order valence-corrected chi connectivity index (χ0v) is 35.1. The van der Waals surface area contributed by atoms with Crippen molar-refractivity contribution < 1.29 is 18.4 Å². The first kappa shape index (κ1) is 41.7. The maximum Gasteiger partial charge on any atom is 0.330 e. The van der Waals surface area contributed by atoms with Gasteiger partial charge in [-0.3, -0.25) is 0 Å². The van der Waals surface area contributed by atoms with Gasteiger partial charge >= 0.3 is 5.97 Å². The van der Waals surface area contributed by atoms with Gasteiger partial charge in [-0.1, -0.05) is 193 Å². The number of carbonyl (C=O) groups excluding carboxylic acids is 1. The minimum absolute atomic E-state index is 0.0521. The highest BCUT2D eigenvalue weighted by atomic mass is 28.4. The zero-order chi connectivity index (χ0) is 38.4. The Morgan fingerprint density at radius 1 is 0.623 bits per heavy atom. The van der Waals surface area contributed by atoms with Gasteiger partial charge < -0.3 is 13.6 Å². The van der Waals surface area contributed by atoms with E-state index in [0.717, 1.165) is 19.3 Å². The first-order valence-corrected chi connectivity index (χ1v) is 22.8. The molecule has 0 aliphatic carbocycles. The van der Waals surface area contributed by atoms with Crippen LogP contribution in [0.1, 0.15) is 74.1 Å². The Kier molecular flexibility index (Phi) is 15.2. The molecule has 0 aromatic heterocycles. The summed E-state index contributed by atoms with van der Waals surface area (Å²) in [4.78, 5) is 11.8. The molecule has 0 aliphatic rings. The summed E-state index contributed by atoms with van der Waals surface area (Å²) in [6.45, 7) is 16.1. The van der Waals surface area contributed by atoms with E-state index >= 15 is 0 Å². The third-order valence-electron chi connectivity index (χ3n) is 9.93. The number of hydrogen-bond donors (Lipinski definition) is 0. The van der Waals surface area contributed by atoms with Crippen molar-refractivity contribution in [2.75, 3.05) is 7.11 Å². The fourth-order valence-corrected chi connectivity index (χ4v) is 16.8. The molecule has 0 radical (unpaired) electrons. The summed E-state index contributed by atoms with van der Waals surface area (Å²) in [5.41, 5.74) is 0. The van der Waals surface area contributed by atoms with Gasteiger partial charge in [-0.15, -0.1) is 0 Å². The quantitative estimate of drug-likeness (QED) is 0.0270. The molecule has 53 heavy (non-hydrogen) atoms. The van der Waals surface area contributed by atoms with Crippen LogP contribution in [0.25, 0.3) is 0 Å². The molecule has 4 rings (SSSR count). The van der Waals surface area contributed by atoms with Crippen LogP contribution in [-0.2, 0) is 18.4 Å². The Bertz CT molecular complexity index is 1680. The first-order chi connectivity index (χ1) is 25.3. The van der Waals surface area contributed by atoms with Crippen molar-refractivity contribution in [3.8, 4) is 0 Å². The standard InChI is InChI=1S/C47H60O4Si2/c1-39(50-52(46(2,3)4,41-30-17-11-18-31-41)42-32-19-12-20-33-42)27-15-9-10-16-28-40(29-25-26-38-45(48)49-8)51-53(47(5,6)7,43-34-21-13-22-35-43)44-36-23-14-24-37-44/h10-14,16-26,29-40H,9,15,27-28H2,1-8H3/b16-10+,29-25+,38-26+/t39-,40+/m1/s1. The first-order valence-electron chi connectivity index (χ1n) is 19.0. The van der Waals surface area contributed by atoms with Crippen molar-refractivity contribution in [3.05, 3.63) is 158 Å². The molecule has 2 atom stereocenters. The topological polar surface area (TPSA) is 44.8 Å². The van der Waals surface area contributed by atoms with Crippen molar-refractivity contribution in [2.24, 2.45) is 0 Å². The van der Waals surface area contributed by atoms with Gasteiger partial charge in [0.1, 0.15) is 0 Å². The van der Waals surface area contributed by atoms with Crippen LogP contribution in [0.4, 0.5) is 0 Å². The minimum atomic E-state index is -2.80. The molecule has 0 amide bonds. The summed E-state index contributed by atoms with van der Waals surface area (Å²) in [5.74, 6) is -0.382. The number of esters is 1. The second kappa shape index (κ2) is 19.3. The summed E-state index contributed by atoms with van der Waals surface area (Å²) in [6.07, 6.45) is 15.2. The average molecular weight is 745 g/mol. The van der Waals surface area contributed by atoms with E-state index in [2.05, 4.69) is 188 Å². The number of unbranched alkanes of at least 4 members (excludes halogenated alkanes) is 1. The fraction of sp³-hybridized carbons (Fsp3) is 0.340. The number of hydrogen-bond acceptors (Lipinski definition) is 4. The molecule has 0 saturated heterocycles. The lowest BCUT2D eigenvalue weighted by molar-refractivity contribution is -0.134. The molecule has 0 N–H and O–H groups in total. The molecule has 6 heteroatoms. The number of allylic oxidation sites excluding steroid dienone is 3. The summed E-state index contributed by atoms with van der Waals surface area (Å²) < 4.78 is 19.6. The van der Waals surface area contributed by atoms with Crippen molar-refractivity contribution in [1.82, 2.24) is 0 Å². The minimum Gasteiger partial charge on any atom is -0.466 e. The van der Waals surface area contributed by atoms with Gasteiger partial charge in [0, 0.05) is 12.2 Å². The molecule has 4 aromatic rings. The van der Waals surface area contributed by atoms with Gasteiger partial charge in [0.15, 0.2) is 0 Å². The van der Waals surface area contributed by atoms with Gasteiger partial charge in [0.25, 0.3) is 16.6 Å². The molecule has 0 aliphatic heterocycles. The van der Waals surface area contributed by atoms with Crippen LogP contribution >= 0.6 is 0 Å². The van der Waals surface area contributed by atoms with Crippen molar-refractivity contribution in [1.29, 1.82) is 0 Å². The molecule has 0 bridgehead atoms. The Hall–Kier alpha value is -4.08. The van der Waals surface area contributed by atoms with Crippen molar-refractivity contribution in [3.63, 3.8) is 0 Å². The molecular weight excluding hydrogens is 685 g/mol. The normalized spacial score (nSPS) is 14.2. The second-order valence-corrected chi connectivity index (χ2v) is 24.3. The third-order valence-corrected chi connectivity index (χ3v) is 20.1. The second-order valence-electron chi connectivity index (χ2n) is 15.8. The molecule has 0 spiro atoms. The predicted octanol–water partition coefficient (Wildman–Crippen LogP) is 9.30. The maximum atomic E-state index is 11.8. The van der Waals surface area contributed by atoms with E-state index in [0.29, 0.717) is 6.42 Å². The van der Waals surface area contributed by atoms with Crippen LogP contribution in [0.3, 0.4) is 0 Å². The highest BCUT2D eigenvalue weighted by Crippen LogP contribution is 2.39. The van der Waals surface area contributed by atoms with Crippen LogP contribution < -0.4 is 20.7 Å². The fourth-order valence-electron chi connectivity index (χ4n) is 7.40. The van der Waals surface area contributed by atoms with Gasteiger partial charge in [0.2, 0.25) is 0 Å². The molecule has 0 heterocycles. The lowest BCUT2D eigenvalue weighted by atomic mass is 10.1. The van der Waals surface area contributed by atoms with E-state index in [4.69, 9.17) is 13.6 Å². The molecule has 4 nitrogen and oxygen atoms in total. The molecular formula is C47H60O4Si2. The van der Waals surface area contributed by atoms with Crippen LogP contribution in [0, 0.1) is 0 Å². The van der Waals surface area contributed by atoms with Crippen LogP contribution in [0.2, 0.25) is 10.1 Å². The van der Waals surface area contributed by atoms with E-state index in [-0.39, 0.29) is 28.3 Å². The van der Waals surface area contributed by atoms with Crippen LogP contribution in [0.5, 0.6) is 0 Å². The van der Waals surface area contributed by atoms with E-state index in [1.165, 1.54) is 33.9 Å². The number of benzene rings is 4. The average Bonchev–Trinajstić information content (AvgIpc) is 3.15. The van der Waals surface area contributed by atoms with Crippen LogP contribution in [-0.4, -0.2) is 41.9 Å². The van der Waals surface area contributed by atoms with E-state index in [9.17, 15) is 4.79 Å². The van der Waals surface area contributed by atoms with Crippen molar-refractivity contribution in [2.45, 2.75) is 96.4 Å². The van der Waals surface area contributed by atoms with Gasteiger partial charge in [-0.25, -0.2) is 4.79 Å². The smallest absolute Gasteiger partial charge is 0.330 e. The number of rotatable bonds is 17. The Morgan fingerprint density at radius 2 is 1.04 bits per heavy atom. The molecule has 0 unspecified atom stereocenters. The monoisotopic (exact) mass is 744 g/mol. The maximum absolute atomic E-state index is 11.8. The van der Waals surface area contributed by atoms with E-state index in [1.54, 1.807) is 6.08 Å². The summed E-state index contributed by atoms with van der Waals surface area (Å²) >= 11 is 0. The highest BCUT2D eigenvalue weighted by molar-refractivity contribution is 7.00. The van der Waals surface area contributed by atoms with Crippen LogP contribution in [0.15, 0.2) is 158 Å². The van der Waals surface area contributed by atoms with Gasteiger partial charge in [0.05, 0.1) is 13.2 Å². The predicted molar refractivity (Wildman–Crippen MR) is 229 cm³/mol. The highest BCUT2D eigenvalue weighted by Gasteiger charge is 2.52. The lowest BCUT2D eigenvalue weighted by Crippen LogP contribution is -2.67. The van der Waals surface area contributed by atoms with Gasteiger partial charge in [-0.2, -0.15) is 0 Å². The molecule has 4 aromatic carbocycles. The number of carbonyl (C=O) groups is 1. The number of ether oxygens (including phenoxy) is 1. The molecule has 0 fully saturated rings. The Morgan fingerprint density at radius 3 is 1.43 bits per heavy atom. The van der Waals surface area contributed by atoms with E-state index in [1.807, 2.05) is 6.08 Å². The lowest BCUT2D eigenvalue weighted by Gasteiger charge is -2.44. The summed E-state index contributed by atoms with van der Waals surface area (Å²) in [7, 11) is -4.01. The SMILES string of the molecule is COC(=O)/C=C/C=C/[C@H](C/C=C/CCC[C@@H](C)O[Si](c1ccccc1)(c1ccccc1)C(C)(C)C)O[Si](c1ccccc1)(c1ccccc1)C(C)(C)C. The number of methoxy groups -OCH3 is 1. The molecule has 280 valence electrons. The largest absolute Gasteiger partial charge is 0.466 e. The summed E-state index contributed by atoms with van der Waals surface area (Å²) in [5, 5.41) is 4.89. The molecule has 0 saturated carbocycles. The third kappa shape index (κ3) is 10.5.